The third kappa shape index (κ3) is 2.29. The van der Waals surface area contributed by atoms with Gasteiger partial charge in [-0.2, -0.15) is 0 Å². The average molecular weight is 273 g/mol. The third-order valence-corrected chi connectivity index (χ3v) is 4.12. The van der Waals surface area contributed by atoms with E-state index in [-0.39, 0.29) is 0 Å². The van der Waals surface area contributed by atoms with Crippen LogP contribution in [0.25, 0.3) is 11.0 Å². The molecule has 0 bridgehead atoms. The summed E-state index contributed by atoms with van der Waals surface area (Å²) < 4.78 is 2.16. The van der Waals surface area contributed by atoms with E-state index in [0.717, 1.165) is 36.5 Å². The van der Waals surface area contributed by atoms with Crippen molar-refractivity contribution in [3.63, 3.8) is 0 Å². The van der Waals surface area contributed by atoms with Gasteiger partial charge in [0.1, 0.15) is 5.82 Å². The molecule has 0 aliphatic carbocycles. The Balaban J connectivity index is 1.98. The molecule has 0 amide bonds. The van der Waals surface area contributed by atoms with Gasteiger partial charge in [-0.15, -0.1) is 0 Å². The van der Waals surface area contributed by atoms with Crippen LogP contribution in [-0.2, 0) is 6.54 Å². The molecule has 20 heavy (non-hydrogen) atoms. The van der Waals surface area contributed by atoms with Crippen LogP contribution in [0.2, 0.25) is 0 Å². The van der Waals surface area contributed by atoms with E-state index in [2.05, 4.69) is 21.5 Å². The topological polar surface area (TPSA) is 58.4 Å². The number of carbonyl (C=O) groups is 1. The summed E-state index contributed by atoms with van der Waals surface area (Å²) in [6.45, 7) is 5.13. The van der Waals surface area contributed by atoms with E-state index in [1.165, 1.54) is 6.42 Å². The van der Waals surface area contributed by atoms with Gasteiger partial charge in [-0.3, -0.25) is 0 Å². The van der Waals surface area contributed by atoms with Crippen molar-refractivity contribution in [3.05, 3.63) is 29.6 Å². The van der Waals surface area contributed by atoms with Crippen molar-refractivity contribution < 1.29 is 9.90 Å². The van der Waals surface area contributed by atoms with Gasteiger partial charge in [0.05, 0.1) is 16.6 Å². The zero-order valence-corrected chi connectivity index (χ0v) is 11.8. The zero-order chi connectivity index (χ0) is 14.3. The van der Waals surface area contributed by atoms with Gasteiger partial charge in [0.25, 0.3) is 0 Å². The summed E-state index contributed by atoms with van der Waals surface area (Å²) in [5, 5.41) is 9.12. The van der Waals surface area contributed by atoms with Crippen LogP contribution in [0.3, 0.4) is 0 Å². The Kier molecular flexibility index (Phi) is 3.22. The number of imidazole rings is 1. The standard InChI is InChI=1S/C15H19N3O2/c1-10-16-13-4-3-12(15(19)20)7-14(13)18(10)9-11-5-6-17(2)8-11/h3-4,7,11H,5-6,8-9H2,1-2H3,(H,19,20). The predicted molar refractivity (Wildman–Crippen MR) is 77.0 cm³/mol. The maximum absolute atomic E-state index is 11.1. The molecule has 1 aromatic heterocycles. The first-order valence-electron chi connectivity index (χ1n) is 6.93. The summed E-state index contributed by atoms with van der Waals surface area (Å²) in [5.74, 6) is 0.680. The lowest BCUT2D eigenvalue weighted by atomic mass is 10.1. The Hall–Kier alpha value is -1.88. The quantitative estimate of drug-likeness (QED) is 0.929. The first-order chi connectivity index (χ1) is 9.54. The van der Waals surface area contributed by atoms with E-state index in [4.69, 9.17) is 5.11 Å². The second kappa shape index (κ2) is 4.90. The van der Waals surface area contributed by atoms with E-state index >= 15 is 0 Å². The third-order valence-electron chi connectivity index (χ3n) is 4.12. The number of nitrogens with zero attached hydrogens (tertiary/aromatic N) is 3. The summed E-state index contributed by atoms with van der Waals surface area (Å²) in [7, 11) is 2.14. The normalized spacial score (nSPS) is 19.8. The number of hydrogen-bond acceptors (Lipinski definition) is 3. The highest BCUT2D eigenvalue weighted by Gasteiger charge is 2.21. The molecule has 0 spiro atoms. The predicted octanol–water partition coefficient (Wildman–Crippen LogP) is 1.99. The van der Waals surface area contributed by atoms with Gasteiger partial charge < -0.3 is 14.6 Å². The maximum Gasteiger partial charge on any atom is 0.335 e. The number of aryl methyl sites for hydroxylation is 1. The number of aromatic nitrogens is 2. The lowest BCUT2D eigenvalue weighted by molar-refractivity contribution is 0.0697. The monoisotopic (exact) mass is 273 g/mol. The molecule has 1 aliphatic heterocycles. The maximum atomic E-state index is 11.1. The molecule has 2 aromatic rings. The van der Waals surface area contributed by atoms with Crippen molar-refractivity contribution in [1.82, 2.24) is 14.5 Å². The van der Waals surface area contributed by atoms with Crippen molar-refractivity contribution in [1.29, 1.82) is 0 Å². The van der Waals surface area contributed by atoms with Crippen LogP contribution in [0.5, 0.6) is 0 Å². The fourth-order valence-corrected chi connectivity index (χ4v) is 3.04. The van der Waals surface area contributed by atoms with Gasteiger partial charge in [0.2, 0.25) is 0 Å². The van der Waals surface area contributed by atoms with E-state index in [1.54, 1.807) is 18.2 Å². The first kappa shape index (κ1) is 13.1. The smallest absolute Gasteiger partial charge is 0.335 e. The zero-order valence-electron chi connectivity index (χ0n) is 11.8. The lowest BCUT2D eigenvalue weighted by Crippen LogP contribution is -2.17. The molecular formula is C15H19N3O2. The number of benzene rings is 1. The lowest BCUT2D eigenvalue weighted by Gasteiger charge is -2.13. The molecule has 0 radical (unpaired) electrons. The van der Waals surface area contributed by atoms with Gasteiger partial charge in [-0.05, 0) is 51.1 Å². The van der Waals surface area contributed by atoms with Crippen LogP contribution in [0.15, 0.2) is 18.2 Å². The first-order valence-corrected chi connectivity index (χ1v) is 6.93. The molecule has 1 unspecified atom stereocenters. The van der Waals surface area contributed by atoms with Gasteiger partial charge in [-0.1, -0.05) is 0 Å². The van der Waals surface area contributed by atoms with Crippen LogP contribution in [-0.4, -0.2) is 45.7 Å². The number of carboxylic acids is 1. The van der Waals surface area contributed by atoms with Crippen LogP contribution in [0.1, 0.15) is 22.6 Å². The molecular weight excluding hydrogens is 254 g/mol. The summed E-state index contributed by atoms with van der Waals surface area (Å²) in [6.07, 6.45) is 1.19. The SMILES string of the molecule is Cc1nc2ccc(C(=O)O)cc2n1CC1CCN(C)C1. The molecule has 0 saturated carbocycles. The molecule has 2 heterocycles. The van der Waals surface area contributed by atoms with E-state index in [0.29, 0.717) is 11.5 Å². The second-order valence-electron chi connectivity index (χ2n) is 5.70. The van der Waals surface area contributed by atoms with Crippen molar-refractivity contribution in [2.24, 2.45) is 5.92 Å². The number of hydrogen-bond donors (Lipinski definition) is 1. The van der Waals surface area contributed by atoms with E-state index in [1.807, 2.05) is 6.92 Å². The van der Waals surface area contributed by atoms with Crippen molar-refractivity contribution >= 4 is 17.0 Å². The molecule has 5 heteroatoms. The number of fused-ring (bicyclic) bond motifs is 1. The van der Waals surface area contributed by atoms with E-state index < -0.39 is 5.97 Å². The fourth-order valence-electron chi connectivity index (χ4n) is 3.04. The summed E-state index contributed by atoms with van der Waals surface area (Å²) >= 11 is 0. The van der Waals surface area contributed by atoms with Crippen molar-refractivity contribution in [2.75, 3.05) is 20.1 Å². The summed E-state index contributed by atoms with van der Waals surface area (Å²) in [4.78, 5) is 18.0. The van der Waals surface area contributed by atoms with Crippen molar-refractivity contribution in [2.45, 2.75) is 19.9 Å². The Morgan fingerprint density at radius 1 is 1.50 bits per heavy atom. The number of rotatable bonds is 3. The Morgan fingerprint density at radius 3 is 2.95 bits per heavy atom. The second-order valence-corrected chi connectivity index (χ2v) is 5.70. The minimum absolute atomic E-state index is 0.321. The van der Waals surface area contributed by atoms with Crippen LogP contribution in [0, 0.1) is 12.8 Å². The van der Waals surface area contributed by atoms with Gasteiger partial charge in [-0.25, -0.2) is 9.78 Å². The van der Waals surface area contributed by atoms with Crippen LogP contribution in [0.4, 0.5) is 0 Å². The Bertz CT molecular complexity index is 662. The molecule has 1 aliphatic rings. The summed E-state index contributed by atoms with van der Waals surface area (Å²) in [5.41, 5.74) is 2.12. The number of likely N-dealkylation sites (tertiary alicyclic amines) is 1. The largest absolute Gasteiger partial charge is 0.478 e. The molecule has 5 nitrogen and oxygen atoms in total. The number of aromatic carboxylic acids is 1. The van der Waals surface area contributed by atoms with Crippen LogP contribution < -0.4 is 0 Å². The highest BCUT2D eigenvalue weighted by atomic mass is 16.4. The molecule has 1 N–H and O–H groups in total. The highest BCUT2D eigenvalue weighted by molar-refractivity contribution is 5.92. The Labute approximate surface area is 117 Å². The minimum atomic E-state index is -0.891. The molecule has 3 rings (SSSR count). The summed E-state index contributed by atoms with van der Waals surface area (Å²) in [6, 6.07) is 5.14. The van der Waals surface area contributed by atoms with E-state index in [9.17, 15) is 4.79 Å². The molecule has 1 saturated heterocycles. The molecule has 1 aromatic carbocycles. The minimum Gasteiger partial charge on any atom is -0.478 e. The van der Waals surface area contributed by atoms with Gasteiger partial charge in [0.15, 0.2) is 0 Å². The molecule has 1 atom stereocenters. The van der Waals surface area contributed by atoms with Gasteiger partial charge >= 0.3 is 5.97 Å². The molecule has 1 fully saturated rings. The average Bonchev–Trinajstić information content (AvgIpc) is 2.94. The van der Waals surface area contributed by atoms with Gasteiger partial charge in [0, 0.05) is 13.1 Å². The van der Waals surface area contributed by atoms with Crippen molar-refractivity contribution in [3.8, 4) is 0 Å². The highest BCUT2D eigenvalue weighted by Crippen LogP contribution is 2.23. The molecule has 106 valence electrons. The number of carboxylic acid groups (broad SMARTS) is 1. The van der Waals surface area contributed by atoms with Crippen LogP contribution >= 0.6 is 0 Å². The fraction of sp³-hybridized carbons (Fsp3) is 0.467. The Morgan fingerprint density at radius 2 is 2.30 bits per heavy atom.